The Kier molecular flexibility index (Phi) is 10.5. The van der Waals surface area contributed by atoms with Crippen molar-refractivity contribution in [2.75, 3.05) is 32.7 Å². The van der Waals surface area contributed by atoms with E-state index in [1.165, 1.54) is 11.6 Å². The van der Waals surface area contributed by atoms with E-state index in [-0.39, 0.29) is 11.7 Å². The molecule has 0 spiro atoms. The fraction of sp³-hybridized carbons (Fsp3) is 0.364. The third-order valence-corrected chi connectivity index (χ3v) is 9.14. The van der Waals surface area contributed by atoms with E-state index in [1.807, 2.05) is 24.4 Å². The number of hydrogen-bond donors (Lipinski definition) is 1. The van der Waals surface area contributed by atoms with Gasteiger partial charge in [0, 0.05) is 54.9 Å². The summed E-state index contributed by atoms with van der Waals surface area (Å²) in [7, 11) is 0. The summed E-state index contributed by atoms with van der Waals surface area (Å²) < 4.78 is 16.6. The number of aromatic nitrogens is 1. The van der Waals surface area contributed by atoms with Crippen molar-refractivity contribution in [2.45, 2.75) is 45.8 Å². The van der Waals surface area contributed by atoms with Crippen molar-refractivity contribution in [3.8, 4) is 0 Å². The molecule has 0 saturated carbocycles. The predicted octanol–water partition coefficient (Wildman–Crippen LogP) is 7.83. The van der Waals surface area contributed by atoms with Crippen molar-refractivity contribution in [1.82, 2.24) is 19.7 Å². The van der Waals surface area contributed by atoms with Crippen LogP contribution in [0.15, 0.2) is 60.8 Å². The van der Waals surface area contributed by atoms with E-state index in [4.69, 9.17) is 34.8 Å². The second-order valence-electron chi connectivity index (χ2n) is 10.9. The number of nitrogens with one attached hydrogen (secondary N) is 1. The number of aryl methyl sites for hydroxylation is 2. The van der Waals surface area contributed by atoms with Crippen molar-refractivity contribution in [2.24, 2.45) is 0 Å². The molecular formula is C33H36Cl3FN4O. The topological polar surface area (TPSA) is 40.5 Å². The molecule has 5 nitrogen and oxygen atoms in total. The minimum atomic E-state index is -0.239. The number of fused-ring (bicyclic) bond motifs is 1. The molecule has 1 aromatic heterocycles. The van der Waals surface area contributed by atoms with E-state index in [2.05, 4.69) is 32.7 Å². The van der Waals surface area contributed by atoms with Gasteiger partial charge in [-0.3, -0.25) is 9.69 Å². The second kappa shape index (κ2) is 14.2. The molecular weight excluding hydrogens is 594 g/mol. The van der Waals surface area contributed by atoms with E-state index in [1.54, 1.807) is 24.3 Å². The number of carbonyl (C=O) groups excluding carboxylic acids is 1. The van der Waals surface area contributed by atoms with E-state index >= 15 is 0 Å². The number of rotatable bonds is 10. The number of halogens is 4. The van der Waals surface area contributed by atoms with Gasteiger partial charge in [-0.2, -0.15) is 0 Å². The Bertz CT molecular complexity index is 1540. The van der Waals surface area contributed by atoms with Gasteiger partial charge < -0.3 is 14.8 Å². The molecule has 0 atom stereocenters. The molecule has 222 valence electrons. The number of benzene rings is 3. The number of carbonyl (C=O) groups is 1. The van der Waals surface area contributed by atoms with Crippen LogP contribution in [0.25, 0.3) is 10.9 Å². The maximum atomic E-state index is 14.3. The third-order valence-electron chi connectivity index (χ3n) is 8.04. The van der Waals surface area contributed by atoms with Crippen molar-refractivity contribution < 1.29 is 9.18 Å². The zero-order chi connectivity index (χ0) is 29.6. The van der Waals surface area contributed by atoms with Crippen LogP contribution in [0.3, 0.4) is 0 Å². The van der Waals surface area contributed by atoms with Crippen LogP contribution in [0.1, 0.15) is 46.8 Å². The number of nitrogens with zero attached hydrogens (tertiary/aromatic N) is 3. The molecule has 1 N–H and O–H groups in total. The van der Waals surface area contributed by atoms with Gasteiger partial charge in [-0.1, -0.05) is 72.1 Å². The maximum absolute atomic E-state index is 14.3. The molecule has 1 fully saturated rings. The van der Waals surface area contributed by atoms with Gasteiger partial charge in [-0.15, -0.1) is 0 Å². The van der Waals surface area contributed by atoms with Crippen molar-refractivity contribution >= 4 is 51.6 Å². The van der Waals surface area contributed by atoms with Crippen LogP contribution >= 0.6 is 34.8 Å². The molecule has 0 unspecified atom stereocenters. The van der Waals surface area contributed by atoms with Gasteiger partial charge >= 0.3 is 0 Å². The molecule has 0 aliphatic carbocycles. The molecule has 3 aromatic carbocycles. The van der Waals surface area contributed by atoms with Crippen LogP contribution in [0.2, 0.25) is 15.1 Å². The molecule has 42 heavy (non-hydrogen) atoms. The fourth-order valence-corrected chi connectivity index (χ4v) is 6.33. The lowest BCUT2D eigenvalue weighted by molar-refractivity contribution is 0.0952. The molecule has 1 amide bonds. The average Bonchev–Trinajstić information content (AvgIpc) is 3.21. The smallest absolute Gasteiger partial charge is 0.253 e. The van der Waals surface area contributed by atoms with Gasteiger partial charge in [0.2, 0.25) is 0 Å². The lowest BCUT2D eigenvalue weighted by atomic mass is 10.1. The Morgan fingerprint density at radius 2 is 1.69 bits per heavy atom. The SMILES string of the molecule is CCc1cccc2c(C(=O)NCc3ccc(Cl)c(Cl)c3)cn(CCCN3CCCN(Cc4c(F)cccc4Cl)CC3)c12. The number of para-hydroxylation sites is 1. The van der Waals surface area contributed by atoms with Crippen LogP contribution in [0.5, 0.6) is 0 Å². The number of amides is 1. The minimum Gasteiger partial charge on any atom is -0.348 e. The normalized spacial score (nSPS) is 14.8. The standard InChI is InChI=1S/C33H36Cl3FN4O/c1-2-24-7-3-8-25-26(33(42)38-20-23-11-12-29(35)30(36)19-23)22-41(32(24)25)16-6-14-39-13-5-15-40(18-17-39)21-27-28(34)9-4-10-31(27)37/h3-4,7-12,19,22H,2,5-6,13-18,20-21H2,1H3,(H,38,42). The highest BCUT2D eigenvalue weighted by Crippen LogP contribution is 2.27. The van der Waals surface area contributed by atoms with Gasteiger partial charge in [-0.05, 0) is 74.3 Å². The van der Waals surface area contributed by atoms with Crippen molar-refractivity contribution in [3.05, 3.63) is 104 Å². The van der Waals surface area contributed by atoms with Crippen molar-refractivity contribution in [1.29, 1.82) is 0 Å². The van der Waals surface area contributed by atoms with E-state index < -0.39 is 0 Å². The average molecular weight is 630 g/mol. The molecule has 0 bridgehead atoms. The molecule has 2 heterocycles. The van der Waals surface area contributed by atoms with E-state index in [9.17, 15) is 9.18 Å². The molecule has 0 radical (unpaired) electrons. The first kappa shape index (κ1) is 30.8. The van der Waals surface area contributed by atoms with Gasteiger partial charge in [0.1, 0.15) is 5.82 Å². The summed E-state index contributed by atoms with van der Waals surface area (Å²) in [6, 6.07) is 16.5. The minimum absolute atomic E-state index is 0.111. The summed E-state index contributed by atoms with van der Waals surface area (Å²) >= 11 is 18.5. The fourth-order valence-electron chi connectivity index (χ4n) is 5.79. The second-order valence-corrected chi connectivity index (χ2v) is 12.1. The largest absolute Gasteiger partial charge is 0.348 e. The van der Waals surface area contributed by atoms with Crippen molar-refractivity contribution in [3.63, 3.8) is 0 Å². The van der Waals surface area contributed by atoms with Gasteiger partial charge in [0.05, 0.1) is 21.1 Å². The van der Waals surface area contributed by atoms with Crippen LogP contribution in [-0.4, -0.2) is 53.0 Å². The molecule has 1 saturated heterocycles. The van der Waals surface area contributed by atoms with Crippen LogP contribution in [-0.2, 0) is 26.1 Å². The van der Waals surface area contributed by atoms with Crippen LogP contribution < -0.4 is 5.32 Å². The zero-order valence-electron chi connectivity index (χ0n) is 23.8. The third kappa shape index (κ3) is 7.29. The Morgan fingerprint density at radius 1 is 0.905 bits per heavy atom. The highest BCUT2D eigenvalue weighted by molar-refractivity contribution is 6.42. The number of hydrogen-bond acceptors (Lipinski definition) is 3. The van der Waals surface area contributed by atoms with E-state index in [0.717, 1.165) is 75.0 Å². The van der Waals surface area contributed by atoms with Crippen LogP contribution in [0.4, 0.5) is 4.39 Å². The summed E-state index contributed by atoms with van der Waals surface area (Å²) in [5.41, 5.74) is 4.51. The summed E-state index contributed by atoms with van der Waals surface area (Å²) in [5.74, 6) is -0.350. The first-order valence-electron chi connectivity index (χ1n) is 14.5. The summed E-state index contributed by atoms with van der Waals surface area (Å²) in [5, 5.41) is 5.47. The molecule has 5 rings (SSSR count). The molecule has 1 aliphatic rings. The highest BCUT2D eigenvalue weighted by atomic mass is 35.5. The first-order valence-corrected chi connectivity index (χ1v) is 15.7. The Balaban J connectivity index is 1.22. The van der Waals surface area contributed by atoms with Gasteiger partial charge in [0.15, 0.2) is 0 Å². The molecule has 9 heteroatoms. The summed E-state index contributed by atoms with van der Waals surface area (Å²) in [6.45, 7) is 8.56. The Hall–Kier alpha value is -2.61. The predicted molar refractivity (Wildman–Crippen MR) is 171 cm³/mol. The maximum Gasteiger partial charge on any atom is 0.253 e. The monoisotopic (exact) mass is 628 g/mol. The Labute approximate surface area is 262 Å². The zero-order valence-corrected chi connectivity index (χ0v) is 26.1. The van der Waals surface area contributed by atoms with Gasteiger partial charge in [-0.25, -0.2) is 4.39 Å². The molecule has 4 aromatic rings. The Morgan fingerprint density at radius 3 is 2.48 bits per heavy atom. The van der Waals surface area contributed by atoms with Gasteiger partial charge in [0.25, 0.3) is 5.91 Å². The lowest BCUT2D eigenvalue weighted by Crippen LogP contribution is -2.31. The van der Waals surface area contributed by atoms with E-state index in [0.29, 0.717) is 39.3 Å². The summed E-state index contributed by atoms with van der Waals surface area (Å²) in [6.07, 6.45) is 4.88. The quantitative estimate of drug-likeness (QED) is 0.194. The lowest BCUT2D eigenvalue weighted by Gasteiger charge is -2.22. The highest BCUT2D eigenvalue weighted by Gasteiger charge is 2.19. The van der Waals surface area contributed by atoms with Crippen LogP contribution in [0, 0.1) is 5.82 Å². The first-order chi connectivity index (χ1) is 20.3. The molecule has 1 aliphatic heterocycles. The summed E-state index contributed by atoms with van der Waals surface area (Å²) in [4.78, 5) is 18.1.